The van der Waals surface area contributed by atoms with Crippen molar-refractivity contribution in [2.45, 2.75) is 32.7 Å². The normalized spacial score (nSPS) is 19.7. The van der Waals surface area contributed by atoms with Gasteiger partial charge in [-0.15, -0.1) is 13.2 Å². The highest BCUT2D eigenvalue weighted by atomic mass is 19.4. The molecule has 1 aliphatic heterocycles. The minimum absolute atomic E-state index is 0.167. The Labute approximate surface area is 129 Å². The predicted molar refractivity (Wildman–Crippen MR) is 79.8 cm³/mol. The molecule has 1 fully saturated rings. The van der Waals surface area contributed by atoms with E-state index in [1.165, 1.54) is 12.1 Å². The van der Waals surface area contributed by atoms with Crippen LogP contribution in [-0.2, 0) is 0 Å². The highest BCUT2D eigenvalue weighted by molar-refractivity contribution is 5.30. The summed E-state index contributed by atoms with van der Waals surface area (Å²) in [5.74, 6) is 0.270. The highest BCUT2D eigenvalue weighted by Gasteiger charge is 2.31. The fourth-order valence-electron chi connectivity index (χ4n) is 2.95. The zero-order valence-corrected chi connectivity index (χ0v) is 13.0. The molecule has 3 nitrogen and oxygen atoms in total. The second kappa shape index (κ2) is 7.33. The van der Waals surface area contributed by atoms with E-state index in [0.29, 0.717) is 5.92 Å². The molecule has 0 saturated carbocycles. The summed E-state index contributed by atoms with van der Waals surface area (Å²) in [6, 6.07) is 6.53. The van der Waals surface area contributed by atoms with Gasteiger partial charge in [0, 0.05) is 32.2 Å². The number of nitrogens with one attached hydrogen (secondary N) is 1. The third kappa shape index (κ3) is 4.61. The molecule has 2 rings (SSSR count). The van der Waals surface area contributed by atoms with Crippen LogP contribution < -0.4 is 10.1 Å². The molecule has 1 heterocycles. The Kier molecular flexibility index (Phi) is 5.69. The van der Waals surface area contributed by atoms with Gasteiger partial charge in [-0.1, -0.05) is 32.4 Å². The number of hydrogen-bond donors (Lipinski definition) is 1. The van der Waals surface area contributed by atoms with Crippen LogP contribution in [0, 0.1) is 5.92 Å². The van der Waals surface area contributed by atoms with Crippen molar-refractivity contribution < 1.29 is 17.9 Å². The summed E-state index contributed by atoms with van der Waals surface area (Å²) >= 11 is 0. The van der Waals surface area contributed by atoms with Crippen molar-refractivity contribution in [1.29, 1.82) is 0 Å². The van der Waals surface area contributed by atoms with Gasteiger partial charge in [0.25, 0.3) is 0 Å². The van der Waals surface area contributed by atoms with Crippen molar-refractivity contribution in [3.05, 3.63) is 29.8 Å². The van der Waals surface area contributed by atoms with E-state index < -0.39 is 6.36 Å². The molecule has 1 aromatic rings. The lowest BCUT2D eigenvalue weighted by Crippen LogP contribution is -2.46. The van der Waals surface area contributed by atoms with Crippen molar-refractivity contribution in [3.8, 4) is 5.75 Å². The Morgan fingerprint density at radius 2 is 1.77 bits per heavy atom. The van der Waals surface area contributed by atoms with Gasteiger partial charge in [0.2, 0.25) is 0 Å². The van der Waals surface area contributed by atoms with Crippen molar-refractivity contribution in [1.82, 2.24) is 10.2 Å². The molecule has 1 N–H and O–H groups in total. The summed E-state index contributed by atoms with van der Waals surface area (Å²) in [4.78, 5) is 2.41. The minimum atomic E-state index is -4.64. The molecule has 6 heteroatoms. The number of halogens is 3. The fraction of sp³-hybridized carbons (Fsp3) is 0.625. The molecule has 0 amide bonds. The number of benzene rings is 1. The Hall–Kier alpha value is -1.27. The third-order valence-electron chi connectivity index (χ3n) is 4.18. The first-order valence-electron chi connectivity index (χ1n) is 7.71. The van der Waals surface area contributed by atoms with Crippen LogP contribution in [-0.4, -0.2) is 37.4 Å². The van der Waals surface area contributed by atoms with E-state index >= 15 is 0 Å². The van der Waals surface area contributed by atoms with Crippen LogP contribution in [0.25, 0.3) is 0 Å². The molecule has 1 aromatic carbocycles. The van der Waals surface area contributed by atoms with E-state index in [4.69, 9.17) is 0 Å². The SMILES string of the molecule is CCC(C)[C@@H](c1ccc(OC(F)(F)F)cc1)N1CCNCC1. The molecule has 124 valence electrons. The quantitative estimate of drug-likeness (QED) is 0.898. The second-order valence-corrected chi connectivity index (χ2v) is 5.73. The number of rotatable bonds is 5. The molecule has 2 atom stereocenters. The fourth-order valence-corrected chi connectivity index (χ4v) is 2.95. The lowest BCUT2D eigenvalue weighted by molar-refractivity contribution is -0.274. The van der Waals surface area contributed by atoms with Crippen LogP contribution in [0.4, 0.5) is 13.2 Å². The molecule has 0 radical (unpaired) electrons. The van der Waals surface area contributed by atoms with E-state index in [9.17, 15) is 13.2 Å². The number of alkyl halides is 3. The van der Waals surface area contributed by atoms with Gasteiger partial charge in [-0.2, -0.15) is 0 Å². The van der Waals surface area contributed by atoms with Crippen molar-refractivity contribution in [2.24, 2.45) is 5.92 Å². The smallest absolute Gasteiger partial charge is 0.406 e. The lowest BCUT2D eigenvalue weighted by atomic mass is 9.90. The van der Waals surface area contributed by atoms with Crippen molar-refractivity contribution >= 4 is 0 Å². The Bertz CT molecular complexity index is 455. The molecular formula is C16H23F3N2O. The van der Waals surface area contributed by atoms with Gasteiger partial charge in [0.1, 0.15) is 5.75 Å². The van der Waals surface area contributed by atoms with Crippen LogP contribution >= 0.6 is 0 Å². The summed E-state index contributed by atoms with van der Waals surface area (Å²) in [6.07, 6.45) is -3.62. The van der Waals surface area contributed by atoms with E-state index in [1.54, 1.807) is 12.1 Å². The molecular weight excluding hydrogens is 293 g/mol. The summed E-state index contributed by atoms with van der Waals surface area (Å²) in [6.45, 7) is 8.13. The van der Waals surface area contributed by atoms with E-state index in [2.05, 4.69) is 28.8 Å². The third-order valence-corrected chi connectivity index (χ3v) is 4.18. The van der Waals surface area contributed by atoms with Crippen LogP contribution in [0.2, 0.25) is 0 Å². The van der Waals surface area contributed by atoms with Gasteiger partial charge in [-0.3, -0.25) is 4.90 Å². The van der Waals surface area contributed by atoms with E-state index in [-0.39, 0.29) is 11.8 Å². The Morgan fingerprint density at radius 1 is 1.18 bits per heavy atom. The van der Waals surface area contributed by atoms with Gasteiger partial charge >= 0.3 is 6.36 Å². The van der Waals surface area contributed by atoms with Gasteiger partial charge < -0.3 is 10.1 Å². The monoisotopic (exact) mass is 316 g/mol. The van der Waals surface area contributed by atoms with Crippen LogP contribution in [0.3, 0.4) is 0 Å². The number of nitrogens with zero attached hydrogens (tertiary/aromatic N) is 1. The second-order valence-electron chi connectivity index (χ2n) is 5.73. The summed E-state index contributed by atoms with van der Waals surface area (Å²) in [5.41, 5.74) is 1.05. The van der Waals surface area contributed by atoms with Crippen LogP contribution in [0.5, 0.6) is 5.75 Å². The summed E-state index contributed by atoms with van der Waals surface area (Å²) in [5, 5.41) is 3.33. The largest absolute Gasteiger partial charge is 0.573 e. The first-order chi connectivity index (χ1) is 10.4. The maximum atomic E-state index is 12.2. The average molecular weight is 316 g/mol. The average Bonchev–Trinajstić information content (AvgIpc) is 2.48. The van der Waals surface area contributed by atoms with E-state index in [0.717, 1.165) is 38.2 Å². The molecule has 0 aromatic heterocycles. The first-order valence-corrected chi connectivity index (χ1v) is 7.71. The molecule has 1 aliphatic rings. The first kappa shape index (κ1) is 17.1. The van der Waals surface area contributed by atoms with Gasteiger partial charge in [-0.25, -0.2) is 0 Å². The molecule has 22 heavy (non-hydrogen) atoms. The maximum Gasteiger partial charge on any atom is 0.573 e. The van der Waals surface area contributed by atoms with Crippen LogP contribution in [0.1, 0.15) is 31.9 Å². The maximum absolute atomic E-state index is 12.2. The molecule has 0 aliphatic carbocycles. The summed E-state index contributed by atoms with van der Waals surface area (Å²) in [7, 11) is 0. The Balaban J connectivity index is 2.16. The standard InChI is InChI=1S/C16H23F3N2O/c1-3-12(2)15(21-10-8-20-9-11-21)13-4-6-14(7-5-13)22-16(17,18)19/h4-7,12,15,20H,3,8-11H2,1-2H3/t12?,15-/m0/s1. The zero-order valence-electron chi connectivity index (χ0n) is 13.0. The Morgan fingerprint density at radius 3 is 2.27 bits per heavy atom. The van der Waals surface area contributed by atoms with Crippen molar-refractivity contribution in [3.63, 3.8) is 0 Å². The van der Waals surface area contributed by atoms with Crippen molar-refractivity contribution in [2.75, 3.05) is 26.2 Å². The minimum Gasteiger partial charge on any atom is -0.406 e. The molecule has 1 unspecified atom stereocenters. The topological polar surface area (TPSA) is 24.5 Å². The van der Waals surface area contributed by atoms with Crippen LogP contribution in [0.15, 0.2) is 24.3 Å². The van der Waals surface area contributed by atoms with Gasteiger partial charge in [0.05, 0.1) is 0 Å². The molecule has 1 saturated heterocycles. The number of hydrogen-bond acceptors (Lipinski definition) is 3. The predicted octanol–water partition coefficient (Wildman–Crippen LogP) is 3.58. The molecule has 0 spiro atoms. The summed E-state index contributed by atoms with van der Waals surface area (Å²) < 4.78 is 40.7. The zero-order chi connectivity index (χ0) is 16.2. The number of ether oxygens (including phenoxy) is 1. The van der Waals surface area contributed by atoms with Gasteiger partial charge in [0.15, 0.2) is 0 Å². The van der Waals surface area contributed by atoms with E-state index in [1.807, 2.05) is 0 Å². The highest BCUT2D eigenvalue weighted by Crippen LogP contribution is 2.32. The van der Waals surface area contributed by atoms with Gasteiger partial charge in [-0.05, 0) is 23.6 Å². The lowest BCUT2D eigenvalue weighted by Gasteiger charge is -2.38. The molecule has 0 bridgehead atoms. The number of piperazine rings is 1.